The number of nitrogens with one attached hydrogen (secondary N) is 1. The summed E-state index contributed by atoms with van der Waals surface area (Å²) in [6.45, 7) is 1.83. The molecule has 0 radical (unpaired) electrons. The molecule has 2 aromatic rings. The number of carbonyl (C=O) groups excluding carboxylic acids is 1. The minimum atomic E-state index is -3.50. The molecule has 0 fully saturated rings. The molecule has 0 saturated carbocycles. The SMILES string of the molecule is CCS(=O)(=O)N1CC(C(=O)NCc2cccnc2)Oc2ccccc21. The van der Waals surface area contributed by atoms with Crippen molar-refractivity contribution in [2.45, 2.75) is 19.6 Å². The van der Waals surface area contributed by atoms with Gasteiger partial charge in [-0.25, -0.2) is 8.42 Å². The number of rotatable bonds is 5. The number of carbonyl (C=O) groups is 1. The molecule has 0 saturated heterocycles. The van der Waals surface area contributed by atoms with E-state index in [0.717, 1.165) is 5.56 Å². The molecule has 132 valence electrons. The van der Waals surface area contributed by atoms with Gasteiger partial charge in [-0.1, -0.05) is 18.2 Å². The van der Waals surface area contributed by atoms with E-state index in [9.17, 15) is 13.2 Å². The van der Waals surface area contributed by atoms with Crippen molar-refractivity contribution >= 4 is 21.6 Å². The van der Waals surface area contributed by atoms with E-state index < -0.39 is 16.1 Å². The Morgan fingerprint density at radius 2 is 2.12 bits per heavy atom. The summed E-state index contributed by atoms with van der Waals surface area (Å²) in [5.41, 5.74) is 1.31. The third-order valence-electron chi connectivity index (χ3n) is 3.92. The first-order valence-corrected chi connectivity index (χ1v) is 9.55. The fourth-order valence-corrected chi connectivity index (χ4v) is 3.69. The molecule has 1 unspecified atom stereocenters. The fourth-order valence-electron chi connectivity index (χ4n) is 2.56. The van der Waals surface area contributed by atoms with E-state index >= 15 is 0 Å². The quantitative estimate of drug-likeness (QED) is 0.868. The average Bonchev–Trinajstić information content (AvgIpc) is 2.66. The summed E-state index contributed by atoms with van der Waals surface area (Å²) in [6, 6.07) is 10.4. The second-order valence-corrected chi connectivity index (χ2v) is 7.77. The van der Waals surface area contributed by atoms with Crippen molar-refractivity contribution in [1.82, 2.24) is 10.3 Å². The van der Waals surface area contributed by atoms with Crippen LogP contribution in [0.25, 0.3) is 0 Å². The van der Waals surface area contributed by atoms with Crippen LogP contribution in [0.1, 0.15) is 12.5 Å². The van der Waals surface area contributed by atoms with Crippen LogP contribution in [0.15, 0.2) is 48.8 Å². The summed E-state index contributed by atoms with van der Waals surface area (Å²) in [7, 11) is -3.50. The van der Waals surface area contributed by atoms with Crippen LogP contribution in [-0.4, -0.2) is 37.7 Å². The molecule has 1 aromatic carbocycles. The van der Waals surface area contributed by atoms with E-state index in [1.165, 1.54) is 4.31 Å². The fraction of sp³-hybridized carbons (Fsp3) is 0.294. The Bertz CT molecular complexity index is 855. The summed E-state index contributed by atoms with van der Waals surface area (Å²) in [6.07, 6.45) is 2.40. The number of sulfonamides is 1. The third kappa shape index (κ3) is 3.74. The van der Waals surface area contributed by atoms with E-state index in [0.29, 0.717) is 18.0 Å². The molecule has 1 aliphatic rings. The Labute approximate surface area is 146 Å². The second-order valence-electron chi connectivity index (χ2n) is 5.58. The first-order chi connectivity index (χ1) is 12.0. The highest BCUT2D eigenvalue weighted by Gasteiger charge is 2.35. The van der Waals surface area contributed by atoms with E-state index in [4.69, 9.17) is 4.74 Å². The lowest BCUT2D eigenvalue weighted by Crippen LogP contribution is -2.50. The van der Waals surface area contributed by atoms with Gasteiger partial charge in [0.15, 0.2) is 6.10 Å². The van der Waals surface area contributed by atoms with Crippen molar-refractivity contribution in [3.63, 3.8) is 0 Å². The van der Waals surface area contributed by atoms with E-state index in [1.807, 2.05) is 6.07 Å². The van der Waals surface area contributed by atoms with Crippen molar-refractivity contribution in [3.05, 3.63) is 54.4 Å². The van der Waals surface area contributed by atoms with Gasteiger partial charge >= 0.3 is 0 Å². The zero-order valence-electron chi connectivity index (χ0n) is 13.8. The van der Waals surface area contributed by atoms with Crippen molar-refractivity contribution in [3.8, 4) is 5.75 Å². The number of pyridine rings is 1. The van der Waals surface area contributed by atoms with Gasteiger partial charge in [-0.3, -0.25) is 14.1 Å². The van der Waals surface area contributed by atoms with Crippen LogP contribution < -0.4 is 14.4 Å². The van der Waals surface area contributed by atoms with Crippen LogP contribution in [0.3, 0.4) is 0 Å². The third-order valence-corrected chi connectivity index (χ3v) is 5.66. The number of nitrogens with zero attached hydrogens (tertiary/aromatic N) is 2. The number of hydrogen-bond donors (Lipinski definition) is 1. The van der Waals surface area contributed by atoms with E-state index in [2.05, 4.69) is 10.3 Å². The lowest BCUT2D eigenvalue weighted by Gasteiger charge is -2.34. The van der Waals surface area contributed by atoms with Crippen molar-refractivity contribution < 1.29 is 17.9 Å². The maximum atomic E-state index is 12.5. The summed E-state index contributed by atoms with van der Waals surface area (Å²) in [5.74, 6) is -0.0345. The van der Waals surface area contributed by atoms with Crippen molar-refractivity contribution in [2.24, 2.45) is 0 Å². The second kappa shape index (κ2) is 7.10. The molecule has 1 aromatic heterocycles. The van der Waals surface area contributed by atoms with Gasteiger partial charge in [-0.05, 0) is 30.7 Å². The molecule has 2 heterocycles. The normalized spacial score (nSPS) is 16.7. The minimum absolute atomic E-state index is 0.0495. The maximum absolute atomic E-state index is 12.5. The molecule has 1 atom stereocenters. The number of benzene rings is 1. The lowest BCUT2D eigenvalue weighted by atomic mass is 10.2. The van der Waals surface area contributed by atoms with Crippen LogP contribution in [-0.2, 0) is 21.4 Å². The van der Waals surface area contributed by atoms with Crippen LogP contribution in [0.5, 0.6) is 5.75 Å². The highest BCUT2D eigenvalue weighted by atomic mass is 32.2. The summed E-state index contributed by atoms with van der Waals surface area (Å²) < 4.78 is 31.8. The van der Waals surface area contributed by atoms with Gasteiger partial charge in [0.05, 0.1) is 18.0 Å². The van der Waals surface area contributed by atoms with Crippen LogP contribution in [0.4, 0.5) is 5.69 Å². The van der Waals surface area contributed by atoms with Gasteiger partial charge in [0, 0.05) is 18.9 Å². The molecule has 1 N–H and O–H groups in total. The molecule has 1 aliphatic heterocycles. The number of amides is 1. The minimum Gasteiger partial charge on any atom is -0.476 e. The summed E-state index contributed by atoms with van der Waals surface area (Å²) >= 11 is 0. The summed E-state index contributed by atoms with van der Waals surface area (Å²) in [4.78, 5) is 16.5. The van der Waals surface area contributed by atoms with Crippen LogP contribution in [0.2, 0.25) is 0 Å². The standard InChI is InChI=1S/C17H19N3O4S/c1-2-25(22,23)20-12-16(24-15-8-4-3-7-14(15)20)17(21)19-11-13-6-5-9-18-10-13/h3-10,16H,2,11-12H2,1H3,(H,19,21). The number of ether oxygens (including phenoxy) is 1. The van der Waals surface area contributed by atoms with Gasteiger partial charge in [-0.2, -0.15) is 0 Å². The summed E-state index contributed by atoms with van der Waals surface area (Å²) in [5, 5.41) is 2.76. The highest BCUT2D eigenvalue weighted by Crippen LogP contribution is 2.35. The molecule has 7 nitrogen and oxygen atoms in total. The molecule has 25 heavy (non-hydrogen) atoms. The first kappa shape index (κ1) is 17.2. The Kier molecular flexibility index (Phi) is 4.89. The molecular formula is C17H19N3O4S. The van der Waals surface area contributed by atoms with E-state index in [1.54, 1.807) is 49.6 Å². The Morgan fingerprint density at radius 1 is 1.32 bits per heavy atom. The topological polar surface area (TPSA) is 88.6 Å². The van der Waals surface area contributed by atoms with Crippen LogP contribution in [0, 0.1) is 0 Å². The van der Waals surface area contributed by atoms with Gasteiger partial charge in [0.25, 0.3) is 5.91 Å². The highest BCUT2D eigenvalue weighted by molar-refractivity contribution is 7.92. The van der Waals surface area contributed by atoms with E-state index in [-0.39, 0.29) is 18.2 Å². The first-order valence-electron chi connectivity index (χ1n) is 7.94. The zero-order chi connectivity index (χ0) is 17.9. The van der Waals surface area contributed by atoms with Crippen molar-refractivity contribution in [1.29, 1.82) is 0 Å². The number of para-hydroxylation sites is 2. The predicted octanol–water partition coefficient (Wildman–Crippen LogP) is 1.32. The molecule has 0 bridgehead atoms. The maximum Gasteiger partial charge on any atom is 0.263 e. The lowest BCUT2D eigenvalue weighted by molar-refractivity contribution is -0.127. The largest absolute Gasteiger partial charge is 0.476 e. The predicted molar refractivity (Wildman–Crippen MR) is 93.7 cm³/mol. The van der Waals surface area contributed by atoms with Gasteiger partial charge < -0.3 is 10.1 Å². The monoisotopic (exact) mass is 361 g/mol. The van der Waals surface area contributed by atoms with Gasteiger partial charge in [-0.15, -0.1) is 0 Å². The molecule has 8 heteroatoms. The molecule has 1 amide bonds. The molecule has 3 rings (SSSR count). The molecule has 0 aliphatic carbocycles. The van der Waals surface area contributed by atoms with Crippen molar-refractivity contribution in [2.75, 3.05) is 16.6 Å². The van der Waals surface area contributed by atoms with Gasteiger partial charge in [0.1, 0.15) is 5.75 Å². The Balaban J connectivity index is 1.78. The Morgan fingerprint density at radius 3 is 2.84 bits per heavy atom. The zero-order valence-corrected chi connectivity index (χ0v) is 14.6. The molecule has 0 spiro atoms. The Hall–Kier alpha value is -2.61. The number of aromatic nitrogens is 1. The van der Waals surface area contributed by atoms with Gasteiger partial charge in [0.2, 0.25) is 10.0 Å². The van der Waals surface area contributed by atoms with Crippen LogP contribution >= 0.6 is 0 Å². The number of fused-ring (bicyclic) bond motifs is 1. The number of hydrogen-bond acceptors (Lipinski definition) is 5. The molecular weight excluding hydrogens is 342 g/mol. The smallest absolute Gasteiger partial charge is 0.263 e. The average molecular weight is 361 g/mol. The number of anilines is 1.